The summed E-state index contributed by atoms with van der Waals surface area (Å²) in [5.41, 5.74) is 3.03. The summed E-state index contributed by atoms with van der Waals surface area (Å²) in [5, 5.41) is 5.84. The van der Waals surface area contributed by atoms with E-state index < -0.39 is 11.8 Å². The quantitative estimate of drug-likeness (QED) is 0.738. The molecule has 6 heteroatoms. The summed E-state index contributed by atoms with van der Waals surface area (Å²) in [7, 11) is 0. The molecule has 2 aromatic carbocycles. The van der Waals surface area contributed by atoms with Crippen LogP contribution in [0.15, 0.2) is 40.9 Å². The second kappa shape index (κ2) is 7.62. The molecule has 4 nitrogen and oxygen atoms in total. The fourth-order valence-electron chi connectivity index (χ4n) is 2.16. The maximum absolute atomic E-state index is 12.0. The largest absolute Gasteiger partial charge is 0.325 e. The highest BCUT2D eigenvalue weighted by Crippen LogP contribution is 2.27. The van der Waals surface area contributed by atoms with Crippen LogP contribution in [-0.4, -0.2) is 11.8 Å². The molecule has 2 aromatic rings. The third-order valence-corrected chi connectivity index (χ3v) is 4.15. The number of aryl methyl sites for hydroxylation is 2. The molecule has 0 aromatic heterocycles. The molecule has 0 aliphatic heterocycles. The van der Waals surface area contributed by atoms with Crippen LogP contribution in [0, 0.1) is 13.8 Å². The highest BCUT2D eigenvalue weighted by molar-refractivity contribution is 9.10. The number of benzene rings is 2. The van der Waals surface area contributed by atoms with Gasteiger partial charge >= 0.3 is 0 Å². The Labute approximate surface area is 148 Å². The van der Waals surface area contributed by atoms with E-state index in [1.807, 2.05) is 32.0 Å². The predicted molar refractivity (Wildman–Crippen MR) is 96.9 cm³/mol. The number of rotatable bonds is 4. The van der Waals surface area contributed by atoms with Crippen molar-refractivity contribution in [3.63, 3.8) is 0 Å². The van der Waals surface area contributed by atoms with Crippen molar-refractivity contribution < 1.29 is 9.59 Å². The monoisotopic (exact) mass is 394 g/mol. The number of hydrogen-bond donors (Lipinski definition) is 2. The van der Waals surface area contributed by atoms with Gasteiger partial charge in [-0.15, -0.1) is 0 Å². The maximum atomic E-state index is 12.0. The van der Waals surface area contributed by atoms with E-state index in [0.717, 1.165) is 15.6 Å². The molecule has 0 heterocycles. The second-order valence-electron chi connectivity index (χ2n) is 5.19. The van der Waals surface area contributed by atoms with Crippen LogP contribution in [0.25, 0.3) is 0 Å². The van der Waals surface area contributed by atoms with Crippen LogP contribution in [0.4, 0.5) is 11.4 Å². The smallest absolute Gasteiger partial charge is 0.233 e. The van der Waals surface area contributed by atoms with Gasteiger partial charge in [-0.2, -0.15) is 0 Å². The number of nitrogens with one attached hydrogen (secondary N) is 2. The van der Waals surface area contributed by atoms with Gasteiger partial charge in [-0.05, 0) is 59.1 Å². The van der Waals surface area contributed by atoms with E-state index in [4.69, 9.17) is 11.6 Å². The molecule has 0 fully saturated rings. The Morgan fingerprint density at radius 3 is 2.39 bits per heavy atom. The van der Waals surface area contributed by atoms with Gasteiger partial charge in [-0.25, -0.2) is 0 Å². The third kappa shape index (κ3) is 4.81. The zero-order chi connectivity index (χ0) is 17.0. The fourth-order valence-corrected chi connectivity index (χ4v) is 2.91. The van der Waals surface area contributed by atoms with Crippen LogP contribution in [0.2, 0.25) is 5.02 Å². The van der Waals surface area contributed by atoms with E-state index in [1.165, 1.54) is 0 Å². The zero-order valence-electron chi connectivity index (χ0n) is 12.7. The first-order valence-electron chi connectivity index (χ1n) is 6.98. The molecule has 23 heavy (non-hydrogen) atoms. The van der Waals surface area contributed by atoms with Crippen LogP contribution in [-0.2, 0) is 9.59 Å². The van der Waals surface area contributed by atoms with Gasteiger partial charge in [0.25, 0.3) is 0 Å². The minimum atomic E-state index is -0.414. The van der Waals surface area contributed by atoms with Crippen molar-refractivity contribution >= 4 is 50.7 Å². The summed E-state index contributed by atoms with van der Waals surface area (Å²) in [6.45, 7) is 3.78. The van der Waals surface area contributed by atoms with E-state index in [0.29, 0.717) is 16.4 Å². The van der Waals surface area contributed by atoms with Crippen molar-refractivity contribution in [2.45, 2.75) is 20.3 Å². The van der Waals surface area contributed by atoms with E-state index in [2.05, 4.69) is 26.6 Å². The van der Waals surface area contributed by atoms with E-state index in [-0.39, 0.29) is 6.42 Å². The van der Waals surface area contributed by atoms with Gasteiger partial charge in [-0.3, -0.25) is 9.59 Å². The minimum absolute atomic E-state index is 0.287. The zero-order valence-corrected chi connectivity index (χ0v) is 15.1. The highest BCUT2D eigenvalue weighted by atomic mass is 79.9. The molecule has 0 unspecified atom stereocenters. The molecular formula is C17H16BrClN2O2. The number of carbonyl (C=O) groups is 2. The van der Waals surface area contributed by atoms with E-state index >= 15 is 0 Å². The third-order valence-electron chi connectivity index (χ3n) is 3.17. The lowest BCUT2D eigenvalue weighted by Gasteiger charge is -2.12. The minimum Gasteiger partial charge on any atom is -0.325 e. The molecule has 2 rings (SSSR count). The molecule has 2 amide bonds. The van der Waals surface area contributed by atoms with Crippen molar-refractivity contribution in [3.8, 4) is 0 Å². The predicted octanol–water partition coefficient (Wildman–Crippen LogP) is 4.69. The summed E-state index contributed by atoms with van der Waals surface area (Å²) in [4.78, 5) is 24.0. The first-order valence-corrected chi connectivity index (χ1v) is 8.15. The fraction of sp³-hybridized carbons (Fsp3) is 0.176. The van der Waals surface area contributed by atoms with Gasteiger partial charge in [-0.1, -0.05) is 29.8 Å². The number of amides is 2. The van der Waals surface area contributed by atoms with Gasteiger partial charge in [0, 0.05) is 4.47 Å². The average molecular weight is 396 g/mol. The lowest BCUT2D eigenvalue weighted by molar-refractivity contribution is -0.123. The number of halogens is 2. The van der Waals surface area contributed by atoms with Crippen molar-refractivity contribution in [2.24, 2.45) is 0 Å². The van der Waals surface area contributed by atoms with E-state index in [1.54, 1.807) is 18.2 Å². The SMILES string of the molecule is Cc1cc(C)c(NC(=O)CC(=O)Nc2ccccc2Br)c(Cl)c1. The van der Waals surface area contributed by atoms with Crippen molar-refractivity contribution in [2.75, 3.05) is 10.6 Å². The Hall–Kier alpha value is -1.85. The Morgan fingerprint density at radius 2 is 1.74 bits per heavy atom. The van der Waals surface area contributed by atoms with Crippen molar-refractivity contribution in [1.82, 2.24) is 0 Å². The molecule has 0 aliphatic rings. The lowest BCUT2D eigenvalue weighted by atomic mass is 10.1. The van der Waals surface area contributed by atoms with Crippen LogP contribution in [0.1, 0.15) is 17.5 Å². The topological polar surface area (TPSA) is 58.2 Å². The lowest BCUT2D eigenvalue weighted by Crippen LogP contribution is -2.22. The molecule has 0 radical (unpaired) electrons. The van der Waals surface area contributed by atoms with Crippen molar-refractivity contribution in [3.05, 3.63) is 57.0 Å². The summed E-state index contributed by atoms with van der Waals surface area (Å²) in [5.74, 6) is -0.807. The molecule has 0 saturated heterocycles. The molecule has 0 bridgehead atoms. The summed E-state index contributed by atoms with van der Waals surface area (Å²) < 4.78 is 0.756. The van der Waals surface area contributed by atoms with Gasteiger partial charge in [0.2, 0.25) is 11.8 Å². The molecular weight excluding hydrogens is 380 g/mol. The average Bonchev–Trinajstić information content (AvgIpc) is 2.45. The van der Waals surface area contributed by atoms with E-state index in [9.17, 15) is 9.59 Å². The van der Waals surface area contributed by atoms with Gasteiger partial charge in [0.1, 0.15) is 6.42 Å². The van der Waals surface area contributed by atoms with Gasteiger partial charge < -0.3 is 10.6 Å². The van der Waals surface area contributed by atoms with Crippen molar-refractivity contribution in [1.29, 1.82) is 0 Å². The molecule has 0 saturated carbocycles. The normalized spacial score (nSPS) is 10.3. The standard InChI is InChI=1S/C17H16BrClN2O2/c1-10-7-11(2)17(13(19)8-10)21-16(23)9-15(22)20-14-6-4-3-5-12(14)18/h3-8H,9H2,1-2H3,(H,20,22)(H,21,23). The number of para-hydroxylation sites is 1. The first-order chi connectivity index (χ1) is 10.9. The first kappa shape index (κ1) is 17.5. The molecule has 0 atom stereocenters. The number of carbonyl (C=O) groups excluding carboxylic acids is 2. The number of hydrogen-bond acceptors (Lipinski definition) is 2. The molecule has 2 N–H and O–H groups in total. The van der Waals surface area contributed by atoms with Crippen LogP contribution < -0.4 is 10.6 Å². The Morgan fingerprint density at radius 1 is 1.09 bits per heavy atom. The Bertz CT molecular complexity index is 739. The second-order valence-corrected chi connectivity index (χ2v) is 6.45. The summed E-state index contributed by atoms with van der Waals surface area (Å²) >= 11 is 9.48. The Balaban J connectivity index is 2.00. The van der Waals surface area contributed by atoms with Crippen LogP contribution >= 0.6 is 27.5 Å². The van der Waals surface area contributed by atoms with Crippen LogP contribution in [0.5, 0.6) is 0 Å². The Kier molecular flexibility index (Phi) is 5.80. The molecule has 0 aliphatic carbocycles. The molecule has 0 spiro atoms. The van der Waals surface area contributed by atoms with Crippen LogP contribution in [0.3, 0.4) is 0 Å². The van der Waals surface area contributed by atoms with Gasteiger partial charge in [0.05, 0.1) is 16.4 Å². The number of anilines is 2. The summed E-state index contributed by atoms with van der Waals surface area (Å²) in [6.07, 6.45) is -0.287. The van der Waals surface area contributed by atoms with Gasteiger partial charge in [0.15, 0.2) is 0 Å². The summed E-state index contributed by atoms with van der Waals surface area (Å²) in [6, 6.07) is 10.9. The molecule has 120 valence electrons. The maximum Gasteiger partial charge on any atom is 0.233 e. The highest BCUT2D eigenvalue weighted by Gasteiger charge is 2.14.